The molecule has 5 nitrogen and oxygen atoms in total. The maximum absolute atomic E-state index is 12.8. The van der Waals surface area contributed by atoms with Crippen LogP contribution in [0.1, 0.15) is 26.5 Å². The Hall–Kier alpha value is -2.86. The van der Waals surface area contributed by atoms with Crippen molar-refractivity contribution in [1.29, 1.82) is 0 Å². The quantitative estimate of drug-likeness (QED) is 0.667. The van der Waals surface area contributed by atoms with Gasteiger partial charge in [0.15, 0.2) is 10.4 Å². The lowest BCUT2D eigenvalue weighted by molar-refractivity contribution is 0.0786. The molecular formula is C20H17BrN2O3. The van der Waals surface area contributed by atoms with Gasteiger partial charge in [-0.25, -0.2) is 0 Å². The highest BCUT2D eigenvalue weighted by molar-refractivity contribution is 9.10. The van der Waals surface area contributed by atoms with E-state index in [1.54, 1.807) is 48.3 Å². The Kier molecular flexibility index (Phi) is 5.53. The summed E-state index contributed by atoms with van der Waals surface area (Å²) in [5.41, 5.74) is 1.89. The standard InChI is InChI=1S/C20H17BrN2O3/c1-23(13-14-7-3-2-4-8-14)20(25)15-9-5-6-10-16(15)22-19(24)17-11-12-18(21)26-17/h2-12H,13H2,1H3,(H,22,24). The molecule has 1 aromatic heterocycles. The summed E-state index contributed by atoms with van der Waals surface area (Å²) in [5.74, 6) is -0.427. The Morgan fingerprint density at radius 3 is 2.38 bits per heavy atom. The van der Waals surface area contributed by atoms with Gasteiger partial charge in [-0.3, -0.25) is 9.59 Å². The third kappa shape index (κ3) is 4.21. The van der Waals surface area contributed by atoms with E-state index in [0.29, 0.717) is 22.5 Å². The van der Waals surface area contributed by atoms with E-state index in [4.69, 9.17) is 4.42 Å². The minimum atomic E-state index is -0.415. The number of nitrogens with one attached hydrogen (secondary N) is 1. The van der Waals surface area contributed by atoms with Gasteiger partial charge in [-0.05, 0) is 45.8 Å². The summed E-state index contributed by atoms with van der Waals surface area (Å²) >= 11 is 3.17. The van der Waals surface area contributed by atoms with Crippen LogP contribution in [0.15, 0.2) is 75.8 Å². The first-order chi connectivity index (χ1) is 12.5. The molecule has 0 atom stereocenters. The number of hydrogen-bond acceptors (Lipinski definition) is 3. The minimum Gasteiger partial charge on any atom is -0.444 e. The van der Waals surface area contributed by atoms with E-state index in [-0.39, 0.29) is 11.7 Å². The van der Waals surface area contributed by atoms with Crippen molar-refractivity contribution in [3.63, 3.8) is 0 Å². The molecule has 0 fully saturated rings. The predicted molar refractivity (Wildman–Crippen MR) is 103 cm³/mol. The zero-order valence-electron chi connectivity index (χ0n) is 14.1. The van der Waals surface area contributed by atoms with Gasteiger partial charge >= 0.3 is 0 Å². The van der Waals surface area contributed by atoms with Crippen molar-refractivity contribution in [2.24, 2.45) is 0 Å². The molecule has 3 rings (SSSR count). The predicted octanol–water partition coefficient (Wildman–Crippen LogP) is 4.57. The van der Waals surface area contributed by atoms with E-state index in [0.717, 1.165) is 5.56 Å². The molecule has 0 radical (unpaired) electrons. The number of hydrogen-bond donors (Lipinski definition) is 1. The van der Waals surface area contributed by atoms with E-state index in [1.807, 2.05) is 30.3 Å². The molecule has 0 bridgehead atoms. The van der Waals surface area contributed by atoms with Gasteiger partial charge in [0.1, 0.15) is 0 Å². The summed E-state index contributed by atoms with van der Waals surface area (Å²) in [4.78, 5) is 26.8. The molecule has 2 aromatic carbocycles. The molecule has 0 unspecified atom stereocenters. The van der Waals surface area contributed by atoms with Crippen molar-refractivity contribution in [3.05, 3.63) is 88.3 Å². The molecule has 1 N–H and O–H groups in total. The number of para-hydroxylation sites is 1. The van der Waals surface area contributed by atoms with Crippen LogP contribution < -0.4 is 5.32 Å². The molecule has 0 spiro atoms. The molecule has 0 saturated heterocycles. The molecule has 0 aliphatic carbocycles. The molecule has 2 amide bonds. The fourth-order valence-corrected chi connectivity index (χ4v) is 2.84. The van der Waals surface area contributed by atoms with E-state index in [9.17, 15) is 9.59 Å². The number of nitrogens with zero attached hydrogens (tertiary/aromatic N) is 1. The largest absolute Gasteiger partial charge is 0.444 e. The summed E-state index contributed by atoms with van der Waals surface area (Å²) in [7, 11) is 1.73. The Labute approximate surface area is 159 Å². The molecule has 0 saturated carbocycles. The topological polar surface area (TPSA) is 62.6 Å². The zero-order chi connectivity index (χ0) is 18.5. The van der Waals surface area contributed by atoms with Crippen molar-refractivity contribution < 1.29 is 14.0 Å². The number of furan rings is 1. The molecule has 26 heavy (non-hydrogen) atoms. The van der Waals surface area contributed by atoms with Gasteiger partial charge in [-0.1, -0.05) is 42.5 Å². The highest BCUT2D eigenvalue weighted by Crippen LogP contribution is 2.20. The third-order valence-corrected chi connectivity index (χ3v) is 4.24. The van der Waals surface area contributed by atoms with E-state index < -0.39 is 5.91 Å². The van der Waals surface area contributed by atoms with Crippen LogP contribution in [-0.2, 0) is 6.54 Å². The number of rotatable bonds is 5. The average molecular weight is 413 g/mol. The first-order valence-corrected chi connectivity index (χ1v) is 8.79. The lowest BCUT2D eigenvalue weighted by Crippen LogP contribution is -2.27. The molecule has 132 valence electrons. The van der Waals surface area contributed by atoms with Crippen LogP contribution >= 0.6 is 15.9 Å². The molecule has 0 aliphatic rings. The second-order valence-electron chi connectivity index (χ2n) is 5.75. The van der Waals surface area contributed by atoms with Crippen molar-refractivity contribution in [1.82, 2.24) is 4.90 Å². The number of amides is 2. The van der Waals surface area contributed by atoms with Crippen molar-refractivity contribution in [2.45, 2.75) is 6.54 Å². The smallest absolute Gasteiger partial charge is 0.291 e. The monoisotopic (exact) mass is 412 g/mol. The highest BCUT2D eigenvalue weighted by atomic mass is 79.9. The van der Waals surface area contributed by atoms with Crippen LogP contribution in [0.4, 0.5) is 5.69 Å². The highest BCUT2D eigenvalue weighted by Gasteiger charge is 2.18. The van der Waals surface area contributed by atoms with Crippen LogP contribution in [0.3, 0.4) is 0 Å². The van der Waals surface area contributed by atoms with E-state index >= 15 is 0 Å². The minimum absolute atomic E-state index is 0.164. The fraction of sp³-hybridized carbons (Fsp3) is 0.100. The first-order valence-electron chi connectivity index (χ1n) is 7.99. The normalized spacial score (nSPS) is 10.4. The maximum Gasteiger partial charge on any atom is 0.291 e. The Morgan fingerprint density at radius 2 is 1.69 bits per heavy atom. The zero-order valence-corrected chi connectivity index (χ0v) is 15.7. The maximum atomic E-state index is 12.8. The van der Waals surface area contributed by atoms with Crippen molar-refractivity contribution in [3.8, 4) is 0 Å². The van der Waals surface area contributed by atoms with Gasteiger partial charge < -0.3 is 14.6 Å². The first kappa shape index (κ1) is 17.9. The summed E-state index contributed by atoms with van der Waals surface area (Å²) in [6.45, 7) is 0.479. The summed E-state index contributed by atoms with van der Waals surface area (Å²) in [5, 5.41) is 2.74. The van der Waals surface area contributed by atoms with Crippen molar-refractivity contribution in [2.75, 3.05) is 12.4 Å². The van der Waals surface area contributed by atoms with Crippen molar-refractivity contribution >= 4 is 33.4 Å². The molecule has 6 heteroatoms. The van der Waals surface area contributed by atoms with Crippen LogP contribution in [0.25, 0.3) is 0 Å². The van der Waals surface area contributed by atoms with Gasteiger partial charge in [0.05, 0.1) is 11.3 Å². The SMILES string of the molecule is CN(Cc1ccccc1)C(=O)c1ccccc1NC(=O)c1ccc(Br)o1. The fourth-order valence-electron chi connectivity index (χ4n) is 2.53. The molecule has 1 heterocycles. The van der Waals surface area contributed by atoms with Gasteiger partial charge in [-0.2, -0.15) is 0 Å². The Balaban J connectivity index is 1.77. The summed E-state index contributed by atoms with van der Waals surface area (Å²) < 4.78 is 5.72. The Bertz CT molecular complexity index is 922. The van der Waals surface area contributed by atoms with Gasteiger partial charge in [0.25, 0.3) is 11.8 Å². The second-order valence-corrected chi connectivity index (χ2v) is 6.53. The number of benzene rings is 2. The average Bonchev–Trinajstić information content (AvgIpc) is 3.09. The molecule has 3 aromatic rings. The molecule has 0 aliphatic heterocycles. The van der Waals surface area contributed by atoms with E-state index in [1.165, 1.54) is 0 Å². The van der Waals surface area contributed by atoms with Crippen LogP contribution in [0.5, 0.6) is 0 Å². The number of carbonyl (C=O) groups excluding carboxylic acids is 2. The molecular weight excluding hydrogens is 396 g/mol. The summed E-state index contributed by atoms with van der Waals surface area (Å²) in [6.07, 6.45) is 0. The van der Waals surface area contributed by atoms with Gasteiger partial charge in [0.2, 0.25) is 0 Å². The lowest BCUT2D eigenvalue weighted by Gasteiger charge is -2.19. The van der Waals surface area contributed by atoms with Crippen LogP contribution in [-0.4, -0.2) is 23.8 Å². The number of halogens is 1. The number of carbonyl (C=O) groups is 2. The van der Waals surface area contributed by atoms with Gasteiger partial charge in [0, 0.05) is 13.6 Å². The van der Waals surface area contributed by atoms with Crippen LogP contribution in [0, 0.1) is 0 Å². The van der Waals surface area contributed by atoms with E-state index in [2.05, 4.69) is 21.2 Å². The van der Waals surface area contributed by atoms with Gasteiger partial charge in [-0.15, -0.1) is 0 Å². The third-order valence-electron chi connectivity index (χ3n) is 3.81. The number of anilines is 1. The second kappa shape index (κ2) is 8.01. The van der Waals surface area contributed by atoms with Crippen LogP contribution in [0.2, 0.25) is 0 Å². The summed E-state index contributed by atoms with van der Waals surface area (Å²) in [6, 6.07) is 19.8. The Morgan fingerprint density at radius 1 is 1.00 bits per heavy atom. The lowest BCUT2D eigenvalue weighted by atomic mass is 10.1.